The molecule has 0 amide bonds. The molecule has 1 radical (unpaired) electrons. The van der Waals surface area contributed by atoms with Crippen LogP contribution in [0.3, 0.4) is 0 Å². The van der Waals surface area contributed by atoms with E-state index in [1.807, 2.05) is 0 Å². The molecule has 0 saturated heterocycles. The molecule has 1 aromatic rings. The number of fused-ring (bicyclic) bond motifs is 1. The largest absolute Gasteiger partial charge is 0.0804 e. The van der Waals surface area contributed by atoms with Gasteiger partial charge in [0.15, 0.2) is 0 Å². The molecule has 2 rings (SSSR count). The van der Waals surface area contributed by atoms with Crippen LogP contribution in [-0.4, -0.2) is 0 Å². The molecule has 0 saturated carbocycles. The van der Waals surface area contributed by atoms with E-state index >= 15 is 0 Å². The second-order valence-corrected chi connectivity index (χ2v) is 3.18. The first kappa shape index (κ1) is 7.60. The molecule has 0 atom stereocenters. The predicted octanol–water partition coefficient (Wildman–Crippen LogP) is 3.24. The Morgan fingerprint density at radius 1 is 1.25 bits per heavy atom. The zero-order valence-corrected chi connectivity index (χ0v) is 7.22. The van der Waals surface area contributed by atoms with Gasteiger partial charge in [-0.15, -0.1) is 0 Å². The summed E-state index contributed by atoms with van der Waals surface area (Å²) in [5, 5.41) is 0. The molecule has 1 aliphatic carbocycles. The average Bonchev–Trinajstić information content (AvgIpc) is 2.17. The van der Waals surface area contributed by atoms with Crippen LogP contribution in [0.25, 0.3) is 5.57 Å². The molecule has 12 heavy (non-hydrogen) atoms. The van der Waals surface area contributed by atoms with Gasteiger partial charge in [-0.1, -0.05) is 30.3 Å². The first-order valence-corrected chi connectivity index (χ1v) is 4.48. The van der Waals surface area contributed by atoms with Gasteiger partial charge in [0.25, 0.3) is 0 Å². The Morgan fingerprint density at radius 2 is 2.08 bits per heavy atom. The highest BCUT2D eigenvalue weighted by Gasteiger charge is 2.08. The second kappa shape index (κ2) is 3.14. The van der Waals surface area contributed by atoms with Crippen molar-refractivity contribution in [2.75, 3.05) is 0 Å². The summed E-state index contributed by atoms with van der Waals surface area (Å²) < 4.78 is 0. The summed E-state index contributed by atoms with van der Waals surface area (Å²) in [7, 11) is 0. The molecule has 0 spiro atoms. The number of aryl methyl sites for hydroxylation is 1. The molecule has 0 bridgehead atoms. The fourth-order valence-electron chi connectivity index (χ4n) is 1.80. The number of rotatable bonds is 1. The van der Waals surface area contributed by atoms with Crippen LogP contribution in [0.1, 0.15) is 24.0 Å². The van der Waals surface area contributed by atoms with E-state index in [9.17, 15) is 0 Å². The maximum Gasteiger partial charge on any atom is -0.0195 e. The van der Waals surface area contributed by atoms with Gasteiger partial charge >= 0.3 is 0 Å². The lowest BCUT2D eigenvalue weighted by Gasteiger charge is -2.15. The van der Waals surface area contributed by atoms with E-state index in [0.717, 1.165) is 6.42 Å². The number of hydrogen-bond acceptors (Lipinski definition) is 0. The molecule has 1 aliphatic rings. The quantitative estimate of drug-likeness (QED) is 0.587. The Hall–Kier alpha value is -1.04. The summed E-state index contributed by atoms with van der Waals surface area (Å²) in [6, 6.07) is 8.64. The van der Waals surface area contributed by atoms with Crippen LogP contribution >= 0.6 is 0 Å². The maximum atomic E-state index is 3.94. The number of benzene rings is 1. The normalized spacial score (nSPS) is 15.2. The summed E-state index contributed by atoms with van der Waals surface area (Å²) >= 11 is 0. The fraction of sp³-hybridized carbons (Fsp3) is 0.250. The van der Waals surface area contributed by atoms with Crippen LogP contribution in [0.2, 0.25) is 0 Å². The number of hydrogen-bond donors (Lipinski definition) is 0. The van der Waals surface area contributed by atoms with Crippen LogP contribution in [0, 0.1) is 6.92 Å². The third kappa shape index (κ3) is 1.18. The van der Waals surface area contributed by atoms with Gasteiger partial charge < -0.3 is 0 Å². The molecule has 0 fully saturated rings. The molecule has 0 N–H and O–H groups in total. The SMILES string of the molecule is [CH2]CC1=CCCc2ccccc21. The summed E-state index contributed by atoms with van der Waals surface area (Å²) in [5.41, 5.74) is 4.31. The van der Waals surface area contributed by atoms with E-state index in [4.69, 9.17) is 0 Å². The van der Waals surface area contributed by atoms with E-state index in [0.29, 0.717) is 0 Å². The van der Waals surface area contributed by atoms with Crippen LogP contribution in [0.4, 0.5) is 0 Å². The predicted molar refractivity (Wildman–Crippen MR) is 52.7 cm³/mol. The molecule has 0 unspecified atom stereocenters. The van der Waals surface area contributed by atoms with Gasteiger partial charge in [-0.05, 0) is 42.9 Å². The van der Waals surface area contributed by atoms with Crippen molar-refractivity contribution < 1.29 is 0 Å². The van der Waals surface area contributed by atoms with Gasteiger partial charge in [0, 0.05) is 0 Å². The molecule has 1 aromatic carbocycles. The maximum absolute atomic E-state index is 3.94. The van der Waals surface area contributed by atoms with Crippen molar-refractivity contribution >= 4 is 5.57 Å². The van der Waals surface area contributed by atoms with Crippen LogP contribution in [0.15, 0.2) is 30.3 Å². The smallest absolute Gasteiger partial charge is 0.0195 e. The summed E-state index contributed by atoms with van der Waals surface area (Å²) in [4.78, 5) is 0. The lowest BCUT2D eigenvalue weighted by molar-refractivity contribution is 0.969. The van der Waals surface area contributed by atoms with Gasteiger partial charge in [0.05, 0.1) is 0 Å². The fourth-order valence-corrected chi connectivity index (χ4v) is 1.80. The lowest BCUT2D eigenvalue weighted by atomic mass is 9.90. The minimum absolute atomic E-state index is 0.914. The van der Waals surface area contributed by atoms with Crippen LogP contribution in [0.5, 0.6) is 0 Å². The monoisotopic (exact) mass is 157 g/mol. The first-order valence-electron chi connectivity index (χ1n) is 4.48. The van der Waals surface area contributed by atoms with E-state index in [2.05, 4.69) is 37.3 Å². The standard InChI is InChI=1S/C12H13/c1-2-10-7-5-8-11-6-3-4-9-12(10)11/h3-4,6-7,9H,1-2,5,8H2. The number of allylic oxidation sites excluding steroid dienone is 2. The Kier molecular flexibility index (Phi) is 1.99. The van der Waals surface area contributed by atoms with E-state index < -0.39 is 0 Å². The highest BCUT2D eigenvalue weighted by atomic mass is 14.1. The van der Waals surface area contributed by atoms with Crippen molar-refractivity contribution in [3.8, 4) is 0 Å². The summed E-state index contributed by atoms with van der Waals surface area (Å²) in [6.07, 6.45) is 5.61. The minimum Gasteiger partial charge on any atom is -0.0804 e. The molecule has 0 nitrogen and oxygen atoms in total. The highest BCUT2D eigenvalue weighted by molar-refractivity contribution is 5.70. The molecule has 0 heteroatoms. The highest BCUT2D eigenvalue weighted by Crippen LogP contribution is 2.27. The lowest BCUT2D eigenvalue weighted by Crippen LogP contribution is -1.98. The average molecular weight is 157 g/mol. The Balaban J connectivity index is 2.48. The molecule has 0 aliphatic heterocycles. The Labute approximate surface area is 73.9 Å². The van der Waals surface area contributed by atoms with Gasteiger partial charge in [-0.3, -0.25) is 0 Å². The minimum atomic E-state index is 0.914. The van der Waals surface area contributed by atoms with E-state index in [1.54, 1.807) is 0 Å². The summed E-state index contributed by atoms with van der Waals surface area (Å²) in [6.45, 7) is 3.94. The van der Waals surface area contributed by atoms with Gasteiger partial charge in [-0.25, -0.2) is 0 Å². The third-order valence-electron chi connectivity index (χ3n) is 2.44. The van der Waals surface area contributed by atoms with Crippen molar-refractivity contribution in [3.05, 3.63) is 48.4 Å². The Bertz CT molecular complexity index is 308. The Morgan fingerprint density at radius 3 is 2.92 bits per heavy atom. The van der Waals surface area contributed by atoms with Crippen molar-refractivity contribution in [3.63, 3.8) is 0 Å². The zero-order valence-electron chi connectivity index (χ0n) is 7.22. The van der Waals surface area contributed by atoms with Crippen LogP contribution < -0.4 is 0 Å². The second-order valence-electron chi connectivity index (χ2n) is 3.18. The molecule has 61 valence electrons. The van der Waals surface area contributed by atoms with Crippen molar-refractivity contribution in [1.29, 1.82) is 0 Å². The molecule has 0 heterocycles. The third-order valence-corrected chi connectivity index (χ3v) is 2.44. The zero-order chi connectivity index (χ0) is 8.39. The van der Waals surface area contributed by atoms with Crippen molar-refractivity contribution in [1.82, 2.24) is 0 Å². The van der Waals surface area contributed by atoms with Gasteiger partial charge in [-0.2, -0.15) is 0 Å². The van der Waals surface area contributed by atoms with Gasteiger partial charge in [0.1, 0.15) is 0 Å². The van der Waals surface area contributed by atoms with E-state index in [1.165, 1.54) is 29.5 Å². The first-order chi connectivity index (χ1) is 5.92. The summed E-state index contributed by atoms with van der Waals surface area (Å²) in [5.74, 6) is 0. The van der Waals surface area contributed by atoms with E-state index in [-0.39, 0.29) is 0 Å². The molecule has 0 aromatic heterocycles. The van der Waals surface area contributed by atoms with Crippen molar-refractivity contribution in [2.24, 2.45) is 0 Å². The topological polar surface area (TPSA) is 0 Å². The van der Waals surface area contributed by atoms with Crippen molar-refractivity contribution in [2.45, 2.75) is 19.3 Å². The van der Waals surface area contributed by atoms with Crippen LogP contribution in [-0.2, 0) is 6.42 Å². The molecular formula is C12H13. The molecular weight excluding hydrogens is 144 g/mol. The van der Waals surface area contributed by atoms with Gasteiger partial charge in [0.2, 0.25) is 0 Å².